The summed E-state index contributed by atoms with van der Waals surface area (Å²) in [7, 11) is 1.72. The Balaban J connectivity index is 1.70. The molecule has 3 aromatic rings. The van der Waals surface area contributed by atoms with E-state index in [-0.39, 0.29) is 12.5 Å². The van der Waals surface area contributed by atoms with E-state index in [2.05, 4.69) is 12.1 Å². The fourth-order valence-corrected chi connectivity index (χ4v) is 3.48. The Morgan fingerprint density at radius 2 is 1.50 bits per heavy atom. The standard InChI is InChI=1S/C28H31NO5/c1-28(2,3)34-27(32)29(4)18-20-9-7-12-22(15-20)23-13-8-10-21(16-23)19-33-25-14-6-5-11-24(25)17-26(30)31/h5-16H,17-19H2,1-4H3,(H,30,31). The molecule has 3 rings (SSSR count). The topological polar surface area (TPSA) is 76.1 Å². The summed E-state index contributed by atoms with van der Waals surface area (Å²) in [6.45, 7) is 6.31. The van der Waals surface area contributed by atoms with Gasteiger partial charge in [-0.15, -0.1) is 0 Å². The number of rotatable bonds is 8. The van der Waals surface area contributed by atoms with E-state index in [0.29, 0.717) is 24.5 Å². The lowest BCUT2D eigenvalue weighted by atomic mass is 10.0. The normalized spacial score (nSPS) is 11.1. The van der Waals surface area contributed by atoms with E-state index in [4.69, 9.17) is 14.6 Å². The Bertz CT molecular complexity index is 1150. The number of ether oxygens (including phenoxy) is 2. The predicted octanol–water partition coefficient (Wildman–Crippen LogP) is 5.93. The number of carbonyl (C=O) groups is 2. The minimum atomic E-state index is -0.893. The minimum absolute atomic E-state index is 0.0826. The predicted molar refractivity (Wildman–Crippen MR) is 132 cm³/mol. The van der Waals surface area contributed by atoms with Crippen molar-refractivity contribution in [2.45, 2.75) is 45.9 Å². The fourth-order valence-electron chi connectivity index (χ4n) is 3.48. The monoisotopic (exact) mass is 461 g/mol. The van der Waals surface area contributed by atoms with Crippen LogP contribution < -0.4 is 4.74 Å². The molecular weight excluding hydrogens is 430 g/mol. The Kier molecular flexibility index (Phi) is 7.95. The van der Waals surface area contributed by atoms with Crippen LogP contribution in [0.3, 0.4) is 0 Å². The first-order valence-electron chi connectivity index (χ1n) is 11.2. The van der Waals surface area contributed by atoms with Crippen LogP contribution in [0.1, 0.15) is 37.5 Å². The number of hydrogen-bond acceptors (Lipinski definition) is 4. The lowest BCUT2D eigenvalue weighted by Crippen LogP contribution is -2.33. The SMILES string of the molecule is CN(Cc1cccc(-c2cccc(COc3ccccc3CC(=O)O)c2)c1)C(=O)OC(C)(C)C. The van der Waals surface area contributed by atoms with Gasteiger partial charge < -0.3 is 19.5 Å². The largest absolute Gasteiger partial charge is 0.489 e. The Labute approximate surface area is 200 Å². The first-order chi connectivity index (χ1) is 16.1. The number of carboxylic acids is 1. The number of aliphatic carboxylic acids is 1. The van der Waals surface area contributed by atoms with Crippen molar-refractivity contribution in [2.24, 2.45) is 0 Å². The summed E-state index contributed by atoms with van der Waals surface area (Å²) in [5.74, 6) is -0.322. The average molecular weight is 462 g/mol. The van der Waals surface area contributed by atoms with Gasteiger partial charge in [0, 0.05) is 19.2 Å². The fraction of sp³-hybridized carbons (Fsp3) is 0.286. The molecule has 6 heteroatoms. The molecule has 0 saturated heterocycles. The van der Waals surface area contributed by atoms with Crippen LogP contribution in [0.15, 0.2) is 72.8 Å². The number of nitrogens with zero attached hydrogens (tertiary/aromatic N) is 1. The number of hydrogen-bond donors (Lipinski definition) is 1. The lowest BCUT2D eigenvalue weighted by molar-refractivity contribution is -0.136. The van der Waals surface area contributed by atoms with Crippen molar-refractivity contribution < 1.29 is 24.2 Å². The zero-order valence-electron chi connectivity index (χ0n) is 20.1. The van der Waals surface area contributed by atoms with Gasteiger partial charge in [-0.2, -0.15) is 0 Å². The quantitative estimate of drug-likeness (QED) is 0.450. The van der Waals surface area contributed by atoms with Crippen molar-refractivity contribution >= 4 is 12.1 Å². The number of carbonyl (C=O) groups excluding carboxylic acids is 1. The number of amides is 1. The summed E-state index contributed by atoms with van der Waals surface area (Å²) < 4.78 is 11.4. The maximum absolute atomic E-state index is 12.3. The summed E-state index contributed by atoms with van der Waals surface area (Å²) >= 11 is 0. The highest BCUT2D eigenvalue weighted by Gasteiger charge is 2.19. The molecule has 0 fully saturated rings. The molecule has 0 aliphatic heterocycles. The Morgan fingerprint density at radius 1 is 0.882 bits per heavy atom. The van der Waals surface area contributed by atoms with Crippen molar-refractivity contribution in [3.63, 3.8) is 0 Å². The summed E-state index contributed by atoms with van der Waals surface area (Å²) in [5, 5.41) is 9.11. The van der Waals surface area contributed by atoms with Crippen LogP contribution in [0.5, 0.6) is 5.75 Å². The highest BCUT2D eigenvalue weighted by Crippen LogP contribution is 2.24. The van der Waals surface area contributed by atoms with Crippen LogP contribution in [0.4, 0.5) is 4.79 Å². The van der Waals surface area contributed by atoms with Crippen molar-refractivity contribution in [3.8, 4) is 16.9 Å². The molecule has 1 amide bonds. The molecule has 0 radical (unpaired) electrons. The summed E-state index contributed by atoms with van der Waals surface area (Å²) in [4.78, 5) is 25.0. The molecule has 0 aliphatic carbocycles. The molecule has 1 N–H and O–H groups in total. The van der Waals surface area contributed by atoms with Crippen LogP contribution in [0.2, 0.25) is 0 Å². The first kappa shape index (κ1) is 24.8. The molecule has 0 aromatic heterocycles. The van der Waals surface area contributed by atoms with Crippen molar-refractivity contribution in [1.82, 2.24) is 4.90 Å². The van der Waals surface area contributed by atoms with Crippen molar-refractivity contribution in [1.29, 1.82) is 0 Å². The third kappa shape index (κ3) is 7.37. The molecule has 0 heterocycles. The second-order valence-electron chi connectivity index (χ2n) is 9.20. The van der Waals surface area contributed by atoms with Gasteiger partial charge in [0.05, 0.1) is 6.42 Å². The van der Waals surface area contributed by atoms with Gasteiger partial charge in [0.2, 0.25) is 0 Å². The van der Waals surface area contributed by atoms with Gasteiger partial charge in [-0.25, -0.2) is 4.79 Å². The third-order valence-corrected chi connectivity index (χ3v) is 5.02. The maximum Gasteiger partial charge on any atom is 0.410 e. The van der Waals surface area contributed by atoms with E-state index >= 15 is 0 Å². The smallest absolute Gasteiger partial charge is 0.410 e. The molecule has 178 valence electrons. The number of benzene rings is 3. The molecule has 0 bridgehead atoms. The van der Waals surface area contributed by atoms with E-state index in [9.17, 15) is 9.59 Å². The van der Waals surface area contributed by atoms with E-state index in [1.165, 1.54) is 0 Å². The molecule has 0 atom stereocenters. The Morgan fingerprint density at radius 3 is 2.15 bits per heavy atom. The summed E-state index contributed by atoms with van der Waals surface area (Å²) in [5.41, 5.74) is 4.14. The molecule has 0 unspecified atom stereocenters. The Hall–Kier alpha value is -3.80. The number of para-hydroxylation sites is 1. The van der Waals surface area contributed by atoms with Crippen molar-refractivity contribution in [3.05, 3.63) is 89.5 Å². The van der Waals surface area contributed by atoms with Crippen LogP contribution in [0, 0.1) is 0 Å². The molecule has 3 aromatic carbocycles. The molecule has 34 heavy (non-hydrogen) atoms. The van der Waals surface area contributed by atoms with Crippen LogP contribution in [-0.2, 0) is 29.1 Å². The highest BCUT2D eigenvalue weighted by molar-refractivity contribution is 5.71. The molecule has 0 aliphatic rings. The minimum Gasteiger partial charge on any atom is -0.489 e. The van der Waals surface area contributed by atoms with Gasteiger partial charge in [-0.3, -0.25) is 4.79 Å². The average Bonchev–Trinajstić information content (AvgIpc) is 2.77. The van der Waals surface area contributed by atoms with Gasteiger partial charge in [0.1, 0.15) is 18.0 Å². The van der Waals surface area contributed by atoms with Crippen LogP contribution in [-0.4, -0.2) is 34.7 Å². The highest BCUT2D eigenvalue weighted by atomic mass is 16.6. The van der Waals surface area contributed by atoms with Gasteiger partial charge in [-0.1, -0.05) is 54.6 Å². The third-order valence-electron chi connectivity index (χ3n) is 5.02. The van der Waals surface area contributed by atoms with Crippen LogP contribution in [0.25, 0.3) is 11.1 Å². The maximum atomic E-state index is 12.3. The van der Waals surface area contributed by atoms with Gasteiger partial charge in [-0.05, 0) is 61.2 Å². The molecule has 6 nitrogen and oxygen atoms in total. The summed E-state index contributed by atoms with van der Waals surface area (Å²) in [6.07, 6.45) is -0.443. The van der Waals surface area contributed by atoms with Crippen molar-refractivity contribution in [2.75, 3.05) is 7.05 Å². The lowest BCUT2D eigenvalue weighted by Gasteiger charge is -2.24. The van der Waals surface area contributed by atoms with E-state index in [1.54, 1.807) is 30.1 Å². The number of carboxylic acid groups (broad SMARTS) is 1. The van der Waals surface area contributed by atoms with E-state index in [0.717, 1.165) is 22.3 Å². The second kappa shape index (κ2) is 10.9. The second-order valence-corrected chi connectivity index (χ2v) is 9.20. The van der Waals surface area contributed by atoms with E-state index < -0.39 is 11.6 Å². The van der Waals surface area contributed by atoms with Gasteiger partial charge >= 0.3 is 12.1 Å². The molecule has 0 saturated carbocycles. The molecule has 0 spiro atoms. The van der Waals surface area contributed by atoms with E-state index in [1.807, 2.05) is 63.2 Å². The zero-order valence-corrected chi connectivity index (χ0v) is 20.1. The zero-order chi connectivity index (χ0) is 24.7. The van der Waals surface area contributed by atoms with Crippen LogP contribution >= 0.6 is 0 Å². The first-order valence-corrected chi connectivity index (χ1v) is 11.2. The molecular formula is C28H31NO5. The van der Waals surface area contributed by atoms with Gasteiger partial charge in [0.15, 0.2) is 0 Å². The summed E-state index contributed by atoms with van der Waals surface area (Å²) in [6, 6.07) is 23.2. The van der Waals surface area contributed by atoms with Gasteiger partial charge in [0.25, 0.3) is 0 Å².